The van der Waals surface area contributed by atoms with E-state index in [1.165, 1.54) is 12.8 Å². The van der Waals surface area contributed by atoms with E-state index in [9.17, 15) is 0 Å². The summed E-state index contributed by atoms with van der Waals surface area (Å²) in [5.74, 6) is 0. The van der Waals surface area contributed by atoms with Crippen molar-refractivity contribution in [2.45, 2.75) is 52.1 Å². The van der Waals surface area contributed by atoms with Crippen molar-refractivity contribution in [2.24, 2.45) is 0 Å². The number of oxazole rings is 1. The fourth-order valence-electron chi connectivity index (χ4n) is 1.90. The first-order valence-electron chi connectivity index (χ1n) is 6.76. The topological polar surface area (TPSA) is 41.3 Å². The van der Waals surface area contributed by atoms with Crippen LogP contribution in [0.15, 0.2) is 10.7 Å². The fraction of sp³-hybridized carbons (Fsp3) is 0.769. The standard InChI is InChI=1S/C13H23N3O/c1-3-7-16(8-4-2)13-15-12(10-17-13)9-14-11-5-6-11/h10-11,14H,3-9H2,1-2H3. The Hall–Kier alpha value is -1.03. The molecule has 4 nitrogen and oxygen atoms in total. The molecular weight excluding hydrogens is 214 g/mol. The molecular formula is C13H23N3O. The molecule has 0 spiro atoms. The molecule has 0 saturated heterocycles. The number of anilines is 1. The van der Waals surface area contributed by atoms with Gasteiger partial charge < -0.3 is 14.6 Å². The predicted octanol–water partition coefficient (Wildman–Crippen LogP) is 2.55. The zero-order valence-electron chi connectivity index (χ0n) is 10.9. The minimum absolute atomic E-state index is 0.720. The van der Waals surface area contributed by atoms with Gasteiger partial charge in [-0.3, -0.25) is 0 Å². The second kappa shape index (κ2) is 6.05. The van der Waals surface area contributed by atoms with E-state index in [2.05, 4.69) is 29.0 Å². The first-order chi connectivity index (χ1) is 8.33. The summed E-state index contributed by atoms with van der Waals surface area (Å²) in [6.45, 7) is 7.23. The number of hydrogen-bond donors (Lipinski definition) is 1. The maximum Gasteiger partial charge on any atom is 0.297 e. The van der Waals surface area contributed by atoms with Crippen LogP contribution in [0.25, 0.3) is 0 Å². The molecule has 1 saturated carbocycles. The van der Waals surface area contributed by atoms with Gasteiger partial charge in [0.25, 0.3) is 6.01 Å². The van der Waals surface area contributed by atoms with Crippen molar-refractivity contribution >= 4 is 6.01 Å². The van der Waals surface area contributed by atoms with Crippen LogP contribution in [-0.2, 0) is 6.54 Å². The van der Waals surface area contributed by atoms with Gasteiger partial charge in [-0.1, -0.05) is 13.8 Å². The highest BCUT2D eigenvalue weighted by Gasteiger charge is 2.21. The minimum Gasteiger partial charge on any atom is -0.432 e. The van der Waals surface area contributed by atoms with Gasteiger partial charge in [0.15, 0.2) is 0 Å². The van der Waals surface area contributed by atoms with E-state index in [0.717, 1.165) is 50.2 Å². The van der Waals surface area contributed by atoms with E-state index in [-0.39, 0.29) is 0 Å². The maximum atomic E-state index is 5.56. The molecule has 0 bridgehead atoms. The van der Waals surface area contributed by atoms with E-state index >= 15 is 0 Å². The molecule has 1 heterocycles. The lowest BCUT2D eigenvalue weighted by Gasteiger charge is -2.18. The van der Waals surface area contributed by atoms with E-state index in [1.54, 1.807) is 6.26 Å². The third kappa shape index (κ3) is 3.73. The normalized spacial score (nSPS) is 15.2. The lowest BCUT2D eigenvalue weighted by atomic mass is 10.4. The van der Waals surface area contributed by atoms with Crippen LogP contribution in [0.5, 0.6) is 0 Å². The summed E-state index contributed by atoms with van der Waals surface area (Å²) in [7, 11) is 0. The SMILES string of the molecule is CCCN(CCC)c1nc(CNC2CC2)co1. The van der Waals surface area contributed by atoms with Crippen LogP contribution < -0.4 is 10.2 Å². The molecule has 1 fully saturated rings. The lowest BCUT2D eigenvalue weighted by Crippen LogP contribution is -2.25. The summed E-state index contributed by atoms with van der Waals surface area (Å²) in [5, 5.41) is 3.45. The van der Waals surface area contributed by atoms with Gasteiger partial charge in [0, 0.05) is 25.7 Å². The number of nitrogens with zero attached hydrogens (tertiary/aromatic N) is 2. The zero-order chi connectivity index (χ0) is 12.1. The third-order valence-electron chi connectivity index (χ3n) is 2.95. The highest BCUT2D eigenvalue weighted by Crippen LogP contribution is 2.20. The molecule has 1 aromatic rings. The Morgan fingerprint density at radius 2 is 2.06 bits per heavy atom. The van der Waals surface area contributed by atoms with Crippen LogP contribution in [0.4, 0.5) is 6.01 Å². The third-order valence-corrected chi connectivity index (χ3v) is 2.95. The van der Waals surface area contributed by atoms with Crippen molar-refractivity contribution in [3.05, 3.63) is 12.0 Å². The fourth-order valence-corrected chi connectivity index (χ4v) is 1.90. The Morgan fingerprint density at radius 1 is 1.35 bits per heavy atom. The molecule has 0 amide bonds. The van der Waals surface area contributed by atoms with Crippen LogP contribution in [0, 0.1) is 0 Å². The Morgan fingerprint density at radius 3 is 2.65 bits per heavy atom. The van der Waals surface area contributed by atoms with Gasteiger partial charge in [-0.05, 0) is 25.7 Å². The van der Waals surface area contributed by atoms with Crippen molar-refractivity contribution in [1.82, 2.24) is 10.3 Å². The van der Waals surface area contributed by atoms with Crippen molar-refractivity contribution in [3.63, 3.8) is 0 Å². The molecule has 1 N–H and O–H groups in total. The quantitative estimate of drug-likeness (QED) is 0.754. The Labute approximate surface area is 103 Å². The van der Waals surface area contributed by atoms with Crippen LogP contribution >= 0.6 is 0 Å². The van der Waals surface area contributed by atoms with Gasteiger partial charge in [-0.15, -0.1) is 0 Å². The van der Waals surface area contributed by atoms with Gasteiger partial charge in [-0.25, -0.2) is 0 Å². The molecule has 0 unspecified atom stereocenters. The molecule has 0 aliphatic heterocycles. The molecule has 4 heteroatoms. The first kappa shape index (κ1) is 12.4. The molecule has 0 atom stereocenters. The number of aromatic nitrogens is 1. The number of rotatable bonds is 8. The minimum atomic E-state index is 0.720. The Kier molecular flexibility index (Phi) is 4.42. The summed E-state index contributed by atoms with van der Waals surface area (Å²) in [5.41, 5.74) is 1.02. The van der Waals surface area contributed by atoms with E-state index in [1.807, 2.05) is 0 Å². The zero-order valence-corrected chi connectivity index (χ0v) is 10.9. The maximum absolute atomic E-state index is 5.56. The lowest BCUT2D eigenvalue weighted by molar-refractivity contribution is 0.527. The van der Waals surface area contributed by atoms with Gasteiger partial charge in [0.1, 0.15) is 6.26 Å². The summed E-state index contributed by atoms with van der Waals surface area (Å²) in [4.78, 5) is 6.77. The summed E-state index contributed by atoms with van der Waals surface area (Å²) < 4.78 is 5.56. The second-order valence-electron chi connectivity index (χ2n) is 4.76. The summed E-state index contributed by atoms with van der Waals surface area (Å²) >= 11 is 0. The van der Waals surface area contributed by atoms with Gasteiger partial charge in [0.2, 0.25) is 0 Å². The van der Waals surface area contributed by atoms with E-state index in [4.69, 9.17) is 4.42 Å². The smallest absolute Gasteiger partial charge is 0.297 e. The average Bonchev–Trinajstić information content (AvgIpc) is 3.04. The molecule has 2 rings (SSSR count). The molecule has 1 aliphatic rings. The molecule has 1 aliphatic carbocycles. The van der Waals surface area contributed by atoms with Gasteiger partial charge in [-0.2, -0.15) is 4.98 Å². The van der Waals surface area contributed by atoms with Crippen molar-refractivity contribution in [3.8, 4) is 0 Å². The molecule has 96 valence electrons. The molecule has 0 radical (unpaired) electrons. The Balaban J connectivity index is 1.88. The van der Waals surface area contributed by atoms with Crippen LogP contribution in [-0.4, -0.2) is 24.1 Å². The van der Waals surface area contributed by atoms with Gasteiger partial charge >= 0.3 is 0 Å². The van der Waals surface area contributed by atoms with Crippen molar-refractivity contribution < 1.29 is 4.42 Å². The van der Waals surface area contributed by atoms with Crippen molar-refractivity contribution in [2.75, 3.05) is 18.0 Å². The van der Waals surface area contributed by atoms with Crippen LogP contribution in [0.3, 0.4) is 0 Å². The average molecular weight is 237 g/mol. The number of nitrogens with one attached hydrogen (secondary N) is 1. The van der Waals surface area contributed by atoms with E-state index in [0.29, 0.717) is 0 Å². The highest BCUT2D eigenvalue weighted by atomic mass is 16.4. The van der Waals surface area contributed by atoms with Crippen LogP contribution in [0.1, 0.15) is 45.2 Å². The highest BCUT2D eigenvalue weighted by molar-refractivity contribution is 5.26. The Bertz CT molecular complexity index is 327. The largest absolute Gasteiger partial charge is 0.432 e. The van der Waals surface area contributed by atoms with Gasteiger partial charge in [0.05, 0.1) is 5.69 Å². The molecule has 1 aromatic heterocycles. The molecule has 17 heavy (non-hydrogen) atoms. The van der Waals surface area contributed by atoms with Crippen molar-refractivity contribution in [1.29, 1.82) is 0 Å². The summed E-state index contributed by atoms with van der Waals surface area (Å²) in [6, 6.07) is 1.50. The first-order valence-corrected chi connectivity index (χ1v) is 6.76. The molecule has 0 aromatic carbocycles. The predicted molar refractivity (Wildman–Crippen MR) is 69.2 cm³/mol. The monoisotopic (exact) mass is 237 g/mol. The number of hydrogen-bond acceptors (Lipinski definition) is 4. The van der Waals surface area contributed by atoms with E-state index < -0.39 is 0 Å². The summed E-state index contributed by atoms with van der Waals surface area (Å²) in [6.07, 6.45) is 6.64. The van der Waals surface area contributed by atoms with Crippen LogP contribution in [0.2, 0.25) is 0 Å². The second-order valence-corrected chi connectivity index (χ2v) is 4.76.